The van der Waals surface area contributed by atoms with E-state index in [1.807, 2.05) is 11.3 Å². The smallest absolute Gasteiger partial charge is 0.0934 e. The molecule has 1 fully saturated rings. The molecule has 2 rings (SSSR count). The molecular weight excluding hydrogens is 276 g/mol. The Balaban J connectivity index is 2.00. The molecule has 0 amide bonds. The van der Waals surface area contributed by atoms with Crippen LogP contribution in [0.2, 0.25) is 0 Å². The number of aromatic nitrogens is 1. The van der Waals surface area contributed by atoms with Crippen molar-refractivity contribution in [2.45, 2.75) is 66.2 Å². The molecule has 120 valence electrons. The Morgan fingerprint density at radius 3 is 2.43 bits per heavy atom. The van der Waals surface area contributed by atoms with Crippen LogP contribution >= 0.6 is 11.3 Å². The average molecular weight is 309 g/mol. The van der Waals surface area contributed by atoms with E-state index in [0.29, 0.717) is 5.41 Å². The Bertz CT molecular complexity index is 454. The van der Waals surface area contributed by atoms with Gasteiger partial charge in [-0.05, 0) is 36.6 Å². The molecule has 0 aromatic carbocycles. The number of hydrogen-bond donors (Lipinski definition) is 1. The van der Waals surface area contributed by atoms with Crippen molar-refractivity contribution in [2.75, 3.05) is 13.1 Å². The van der Waals surface area contributed by atoms with Gasteiger partial charge in [0.05, 0.1) is 10.7 Å². The first kappa shape index (κ1) is 17.0. The monoisotopic (exact) mass is 308 g/mol. The normalized spacial score (nSPS) is 19.0. The highest BCUT2D eigenvalue weighted by atomic mass is 32.1. The van der Waals surface area contributed by atoms with Crippen LogP contribution in [0.3, 0.4) is 0 Å². The predicted octanol–water partition coefficient (Wildman–Crippen LogP) is 4.65. The van der Waals surface area contributed by atoms with E-state index in [9.17, 15) is 0 Å². The Hall–Kier alpha value is -0.410. The summed E-state index contributed by atoms with van der Waals surface area (Å²) in [5.74, 6) is 1.61. The molecule has 0 radical (unpaired) electrons. The lowest BCUT2D eigenvalue weighted by atomic mass is 9.81. The first-order valence-corrected chi connectivity index (χ1v) is 9.24. The minimum absolute atomic E-state index is 0.167. The third kappa shape index (κ3) is 4.79. The maximum absolute atomic E-state index is 4.91. The molecule has 21 heavy (non-hydrogen) atoms. The predicted molar refractivity (Wildman–Crippen MR) is 93.1 cm³/mol. The van der Waals surface area contributed by atoms with Gasteiger partial charge in [0, 0.05) is 23.8 Å². The van der Waals surface area contributed by atoms with Gasteiger partial charge in [0.15, 0.2) is 0 Å². The van der Waals surface area contributed by atoms with Crippen LogP contribution < -0.4 is 5.32 Å². The molecule has 1 atom stereocenters. The van der Waals surface area contributed by atoms with Crippen LogP contribution in [0.4, 0.5) is 0 Å². The third-order valence-electron chi connectivity index (χ3n) is 4.52. The summed E-state index contributed by atoms with van der Waals surface area (Å²) in [4.78, 5) is 4.91. The van der Waals surface area contributed by atoms with Gasteiger partial charge in [-0.15, -0.1) is 11.3 Å². The summed E-state index contributed by atoms with van der Waals surface area (Å²) in [5, 5.41) is 7.26. The van der Waals surface area contributed by atoms with Crippen LogP contribution in [0.25, 0.3) is 0 Å². The molecule has 1 aliphatic carbocycles. The molecule has 1 aromatic heterocycles. The minimum Gasteiger partial charge on any atom is -0.316 e. The van der Waals surface area contributed by atoms with E-state index in [1.54, 1.807) is 0 Å². The van der Waals surface area contributed by atoms with Crippen molar-refractivity contribution in [1.82, 2.24) is 10.3 Å². The molecule has 0 saturated heterocycles. The summed E-state index contributed by atoms with van der Waals surface area (Å²) < 4.78 is 0. The average Bonchev–Trinajstić information content (AvgIpc) is 3.09. The van der Waals surface area contributed by atoms with Crippen molar-refractivity contribution in [1.29, 1.82) is 0 Å². The fourth-order valence-electron chi connectivity index (χ4n) is 2.86. The molecular formula is C18H32N2S. The van der Waals surface area contributed by atoms with Gasteiger partial charge in [0.25, 0.3) is 0 Å². The topological polar surface area (TPSA) is 24.9 Å². The standard InChI is InChI=1S/C18H32N2S/c1-13(2)10-19-12-18(6,14-7-8-14)9-16-20-15(11-21-16)17(3,4)5/h11,13-14,19H,7-10,12H2,1-6H3. The zero-order valence-corrected chi connectivity index (χ0v) is 15.4. The zero-order chi connectivity index (χ0) is 15.7. The highest BCUT2D eigenvalue weighted by molar-refractivity contribution is 7.09. The van der Waals surface area contributed by atoms with Gasteiger partial charge >= 0.3 is 0 Å². The summed E-state index contributed by atoms with van der Waals surface area (Å²) >= 11 is 1.85. The van der Waals surface area contributed by atoms with E-state index in [4.69, 9.17) is 4.98 Å². The van der Waals surface area contributed by atoms with Gasteiger partial charge in [0.2, 0.25) is 0 Å². The highest BCUT2D eigenvalue weighted by Crippen LogP contribution is 2.47. The molecule has 1 unspecified atom stereocenters. The Morgan fingerprint density at radius 2 is 1.95 bits per heavy atom. The number of hydrogen-bond acceptors (Lipinski definition) is 3. The van der Waals surface area contributed by atoms with Crippen molar-refractivity contribution in [3.05, 3.63) is 16.1 Å². The van der Waals surface area contributed by atoms with E-state index in [0.717, 1.165) is 31.3 Å². The third-order valence-corrected chi connectivity index (χ3v) is 5.37. The molecule has 1 aliphatic rings. The minimum atomic E-state index is 0.167. The number of thiazole rings is 1. The SMILES string of the molecule is CC(C)CNCC(C)(Cc1nc(C(C)(C)C)cs1)C1CC1. The van der Waals surface area contributed by atoms with E-state index in [-0.39, 0.29) is 5.41 Å². The summed E-state index contributed by atoms with van der Waals surface area (Å²) in [5.41, 5.74) is 1.79. The first-order chi connectivity index (χ1) is 9.71. The van der Waals surface area contributed by atoms with Crippen LogP contribution in [0.15, 0.2) is 5.38 Å². The first-order valence-electron chi connectivity index (χ1n) is 8.36. The number of rotatable bonds is 7. The number of nitrogens with zero attached hydrogens (tertiary/aromatic N) is 1. The fourth-order valence-corrected chi connectivity index (χ4v) is 4.08. The summed E-state index contributed by atoms with van der Waals surface area (Å²) in [6.07, 6.45) is 3.93. The molecule has 0 aliphatic heterocycles. The second kappa shape index (κ2) is 6.37. The van der Waals surface area contributed by atoms with Crippen molar-refractivity contribution in [3.8, 4) is 0 Å². The summed E-state index contributed by atoms with van der Waals surface area (Å²) in [7, 11) is 0. The lowest BCUT2D eigenvalue weighted by Crippen LogP contribution is -2.37. The molecule has 0 spiro atoms. The van der Waals surface area contributed by atoms with Crippen LogP contribution in [-0.4, -0.2) is 18.1 Å². The Labute approximate surface area is 134 Å². The van der Waals surface area contributed by atoms with Gasteiger partial charge in [-0.2, -0.15) is 0 Å². The highest BCUT2D eigenvalue weighted by Gasteiger charge is 2.41. The van der Waals surface area contributed by atoms with Gasteiger partial charge in [-0.3, -0.25) is 0 Å². The maximum atomic E-state index is 4.91. The van der Waals surface area contributed by atoms with Crippen LogP contribution in [0.5, 0.6) is 0 Å². The lowest BCUT2D eigenvalue weighted by Gasteiger charge is -2.30. The summed E-state index contributed by atoms with van der Waals surface area (Å²) in [6.45, 7) is 16.0. The Kier molecular flexibility index (Phi) is 5.15. The van der Waals surface area contributed by atoms with Crippen molar-refractivity contribution >= 4 is 11.3 Å². The van der Waals surface area contributed by atoms with Crippen molar-refractivity contribution < 1.29 is 0 Å². The van der Waals surface area contributed by atoms with Gasteiger partial charge < -0.3 is 5.32 Å². The fraction of sp³-hybridized carbons (Fsp3) is 0.833. The van der Waals surface area contributed by atoms with Gasteiger partial charge in [-0.1, -0.05) is 41.5 Å². The lowest BCUT2D eigenvalue weighted by molar-refractivity contribution is 0.251. The van der Waals surface area contributed by atoms with Crippen LogP contribution in [0.1, 0.15) is 65.1 Å². The van der Waals surface area contributed by atoms with E-state index in [1.165, 1.54) is 23.5 Å². The van der Waals surface area contributed by atoms with Crippen LogP contribution in [0, 0.1) is 17.3 Å². The van der Waals surface area contributed by atoms with Gasteiger partial charge in [0.1, 0.15) is 0 Å². The van der Waals surface area contributed by atoms with Gasteiger partial charge in [-0.25, -0.2) is 4.98 Å². The number of nitrogens with one attached hydrogen (secondary N) is 1. The summed E-state index contributed by atoms with van der Waals surface area (Å²) in [6, 6.07) is 0. The largest absolute Gasteiger partial charge is 0.316 e. The molecule has 1 aromatic rings. The van der Waals surface area contributed by atoms with Crippen molar-refractivity contribution in [2.24, 2.45) is 17.3 Å². The Morgan fingerprint density at radius 1 is 1.29 bits per heavy atom. The van der Waals surface area contributed by atoms with E-state index >= 15 is 0 Å². The van der Waals surface area contributed by atoms with E-state index < -0.39 is 0 Å². The van der Waals surface area contributed by atoms with E-state index in [2.05, 4.69) is 52.2 Å². The molecule has 1 heterocycles. The molecule has 2 nitrogen and oxygen atoms in total. The zero-order valence-electron chi connectivity index (χ0n) is 14.6. The maximum Gasteiger partial charge on any atom is 0.0934 e. The second-order valence-electron chi connectivity index (χ2n) is 8.51. The molecule has 0 bridgehead atoms. The van der Waals surface area contributed by atoms with Crippen molar-refractivity contribution in [3.63, 3.8) is 0 Å². The van der Waals surface area contributed by atoms with Crippen LogP contribution in [-0.2, 0) is 11.8 Å². The molecule has 3 heteroatoms. The quantitative estimate of drug-likeness (QED) is 0.793. The molecule has 1 N–H and O–H groups in total. The molecule has 1 saturated carbocycles. The second-order valence-corrected chi connectivity index (χ2v) is 9.45.